The Hall–Kier alpha value is -3.55. The Bertz CT molecular complexity index is 1180. The highest BCUT2D eigenvalue weighted by atomic mass is 32.2. The molecule has 0 radical (unpaired) electrons. The number of ether oxygens (including phenoxy) is 2. The summed E-state index contributed by atoms with van der Waals surface area (Å²) >= 11 is 0. The summed E-state index contributed by atoms with van der Waals surface area (Å²) in [7, 11) is -3.89. The standard InChI is InChI=1S/C25H28N2O7S/c1-2-3-17-33-21-9-11-22(12-10-21)35(31,32)19-25(23(28)26-30)13-15-27(16-14-25)24(29)34-18-20-7-5-4-6-8-20/h4-12,30H,13-19H2,1H3,(H,26,28). The lowest BCUT2D eigenvalue weighted by molar-refractivity contribution is -0.141. The van der Waals surface area contributed by atoms with Gasteiger partial charge in [-0.25, -0.2) is 18.7 Å². The van der Waals surface area contributed by atoms with Gasteiger partial charge in [0.25, 0.3) is 5.91 Å². The number of hydrogen-bond donors (Lipinski definition) is 2. The van der Waals surface area contributed by atoms with Crippen molar-refractivity contribution in [3.63, 3.8) is 0 Å². The highest BCUT2D eigenvalue weighted by molar-refractivity contribution is 7.91. The molecule has 2 aromatic rings. The number of nitrogens with one attached hydrogen (secondary N) is 1. The quantitative estimate of drug-likeness (QED) is 0.325. The monoisotopic (exact) mass is 500 g/mol. The number of benzene rings is 2. The van der Waals surface area contributed by atoms with Crippen molar-refractivity contribution in [1.29, 1.82) is 0 Å². The molecular weight excluding hydrogens is 472 g/mol. The molecule has 2 aromatic carbocycles. The summed E-state index contributed by atoms with van der Waals surface area (Å²) in [4.78, 5) is 26.5. The fourth-order valence-corrected chi connectivity index (χ4v) is 5.73. The molecule has 1 fully saturated rings. The topological polar surface area (TPSA) is 122 Å². The minimum atomic E-state index is -3.89. The Morgan fingerprint density at radius 1 is 1.09 bits per heavy atom. The molecule has 1 aliphatic heterocycles. The van der Waals surface area contributed by atoms with Crippen molar-refractivity contribution in [2.75, 3.05) is 25.4 Å². The predicted molar refractivity (Wildman–Crippen MR) is 127 cm³/mol. The smallest absolute Gasteiger partial charge is 0.410 e. The van der Waals surface area contributed by atoms with Crippen molar-refractivity contribution in [2.24, 2.45) is 5.41 Å². The second-order valence-corrected chi connectivity index (χ2v) is 10.2. The predicted octanol–water partition coefficient (Wildman–Crippen LogP) is 2.79. The van der Waals surface area contributed by atoms with Crippen molar-refractivity contribution in [2.45, 2.75) is 31.3 Å². The van der Waals surface area contributed by atoms with E-state index in [-0.39, 0.29) is 44.0 Å². The molecule has 0 aromatic heterocycles. The summed E-state index contributed by atoms with van der Waals surface area (Å²) in [6, 6.07) is 15.1. The van der Waals surface area contributed by atoms with Gasteiger partial charge in [-0.15, -0.1) is 5.92 Å². The van der Waals surface area contributed by atoms with Gasteiger partial charge in [-0.3, -0.25) is 10.0 Å². The lowest BCUT2D eigenvalue weighted by atomic mass is 9.79. The van der Waals surface area contributed by atoms with Crippen molar-refractivity contribution in [3.8, 4) is 17.6 Å². The number of amides is 2. The molecular formula is C25H28N2O7S. The number of nitrogens with zero attached hydrogens (tertiary/aromatic N) is 1. The van der Waals surface area contributed by atoms with Gasteiger partial charge in [-0.1, -0.05) is 36.3 Å². The Morgan fingerprint density at radius 3 is 2.34 bits per heavy atom. The number of rotatable bonds is 8. The van der Waals surface area contributed by atoms with Crippen LogP contribution in [-0.2, 0) is 26.0 Å². The average molecular weight is 501 g/mol. The highest BCUT2D eigenvalue weighted by Gasteiger charge is 2.46. The second-order valence-electron chi connectivity index (χ2n) is 8.19. The van der Waals surface area contributed by atoms with Crippen LogP contribution in [0.3, 0.4) is 0 Å². The fraction of sp³-hybridized carbons (Fsp3) is 0.360. The number of hydrogen-bond acceptors (Lipinski definition) is 7. The number of carbonyl (C=O) groups is 2. The van der Waals surface area contributed by atoms with E-state index in [0.717, 1.165) is 5.56 Å². The van der Waals surface area contributed by atoms with E-state index in [4.69, 9.17) is 9.47 Å². The van der Waals surface area contributed by atoms with Gasteiger partial charge in [-0.2, -0.15) is 0 Å². The first-order valence-corrected chi connectivity index (χ1v) is 12.7. The molecule has 2 amide bonds. The maximum absolute atomic E-state index is 13.1. The van der Waals surface area contributed by atoms with Crippen LogP contribution in [0.4, 0.5) is 4.79 Å². The zero-order valence-corrected chi connectivity index (χ0v) is 20.2. The number of carbonyl (C=O) groups excluding carboxylic acids is 2. The van der Waals surface area contributed by atoms with Crippen molar-refractivity contribution in [1.82, 2.24) is 10.4 Å². The molecule has 0 saturated carbocycles. The maximum atomic E-state index is 13.1. The molecule has 0 unspecified atom stereocenters. The first-order valence-electron chi connectivity index (χ1n) is 11.0. The largest absolute Gasteiger partial charge is 0.481 e. The van der Waals surface area contributed by atoms with Crippen LogP contribution < -0.4 is 10.2 Å². The molecule has 2 N–H and O–H groups in total. The second kappa shape index (κ2) is 11.7. The van der Waals surface area contributed by atoms with E-state index in [1.165, 1.54) is 29.2 Å². The SMILES string of the molecule is CC#CCOc1ccc(S(=O)(=O)CC2(C(=O)NO)CCN(C(=O)OCc3ccccc3)CC2)cc1. The van der Waals surface area contributed by atoms with E-state index in [0.29, 0.717) is 5.75 Å². The summed E-state index contributed by atoms with van der Waals surface area (Å²) in [5.41, 5.74) is 1.05. The lowest BCUT2D eigenvalue weighted by Crippen LogP contribution is -2.52. The zero-order chi connectivity index (χ0) is 25.3. The van der Waals surface area contributed by atoms with Crippen LogP contribution in [0.25, 0.3) is 0 Å². The summed E-state index contributed by atoms with van der Waals surface area (Å²) in [6.45, 7) is 2.21. The Balaban J connectivity index is 1.66. The molecule has 0 spiro atoms. The summed E-state index contributed by atoms with van der Waals surface area (Å²) < 4.78 is 37.0. The van der Waals surface area contributed by atoms with E-state index < -0.39 is 33.0 Å². The van der Waals surface area contributed by atoms with Gasteiger partial charge in [-0.05, 0) is 49.6 Å². The Morgan fingerprint density at radius 2 is 1.74 bits per heavy atom. The Kier molecular flexibility index (Phi) is 8.73. The first-order chi connectivity index (χ1) is 16.8. The van der Waals surface area contributed by atoms with Gasteiger partial charge in [0.1, 0.15) is 19.0 Å². The van der Waals surface area contributed by atoms with Crippen molar-refractivity contribution in [3.05, 3.63) is 60.2 Å². The minimum Gasteiger partial charge on any atom is -0.481 e. The van der Waals surface area contributed by atoms with E-state index in [9.17, 15) is 23.2 Å². The van der Waals surface area contributed by atoms with Gasteiger partial charge >= 0.3 is 6.09 Å². The average Bonchev–Trinajstić information content (AvgIpc) is 2.88. The first kappa shape index (κ1) is 26.1. The maximum Gasteiger partial charge on any atom is 0.410 e. The molecule has 1 aliphatic rings. The van der Waals surface area contributed by atoms with Gasteiger partial charge in [0.05, 0.1) is 16.1 Å². The normalized spacial score (nSPS) is 14.9. The van der Waals surface area contributed by atoms with Gasteiger partial charge in [0.15, 0.2) is 9.84 Å². The summed E-state index contributed by atoms with van der Waals surface area (Å²) in [5.74, 6) is 4.62. The van der Waals surface area contributed by atoms with Crippen LogP contribution >= 0.6 is 0 Å². The van der Waals surface area contributed by atoms with Gasteiger partial charge in [0.2, 0.25) is 0 Å². The molecule has 0 bridgehead atoms. The molecule has 0 aliphatic carbocycles. The molecule has 186 valence electrons. The molecule has 3 rings (SSSR count). The van der Waals surface area contributed by atoms with E-state index in [2.05, 4.69) is 11.8 Å². The third-order valence-electron chi connectivity index (χ3n) is 5.90. The molecule has 1 heterocycles. The van der Waals surface area contributed by atoms with Crippen LogP contribution in [0.15, 0.2) is 59.5 Å². The van der Waals surface area contributed by atoms with Crippen LogP contribution in [0.5, 0.6) is 5.75 Å². The number of hydroxylamine groups is 1. The van der Waals surface area contributed by atoms with Crippen LogP contribution in [0.2, 0.25) is 0 Å². The lowest BCUT2D eigenvalue weighted by Gasteiger charge is -2.39. The van der Waals surface area contributed by atoms with Crippen molar-refractivity contribution >= 4 is 21.8 Å². The van der Waals surface area contributed by atoms with Crippen LogP contribution in [0, 0.1) is 17.3 Å². The molecule has 10 heteroatoms. The van der Waals surface area contributed by atoms with E-state index in [1.807, 2.05) is 30.3 Å². The molecule has 35 heavy (non-hydrogen) atoms. The number of sulfone groups is 1. The molecule has 1 saturated heterocycles. The van der Waals surface area contributed by atoms with Crippen molar-refractivity contribution < 1.29 is 32.7 Å². The Labute approximate surface area is 204 Å². The third-order valence-corrected chi connectivity index (χ3v) is 7.83. The zero-order valence-electron chi connectivity index (χ0n) is 19.4. The summed E-state index contributed by atoms with van der Waals surface area (Å²) in [5, 5.41) is 9.32. The molecule has 9 nitrogen and oxygen atoms in total. The third kappa shape index (κ3) is 6.74. The van der Waals surface area contributed by atoms with Crippen LogP contribution in [-0.4, -0.2) is 56.0 Å². The minimum absolute atomic E-state index is 0.0289. The van der Waals surface area contributed by atoms with Gasteiger partial charge < -0.3 is 14.4 Å². The van der Waals surface area contributed by atoms with E-state index >= 15 is 0 Å². The van der Waals surface area contributed by atoms with Gasteiger partial charge in [0, 0.05) is 13.1 Å². The summed E-state index contributed by atoms with van der Waals surface area (Å²) in [6.07, 6.45) is -0.440. The van der Waals surface area contributed by atoms with E-state index in [1.54, 1.807) is 12.4 Å². The number of piperidine rings is 1. The highest BCUT2D eigenvalue weighted by Crippen LogP contribution is 2.35. The number of likely N-dealkylation sites (tertiary alicyclic amines) is 1. The fourth-order valence-electron chi connectivity index (χ4n) is 3.87. The van der Waals surface area contributed by atoms with Crippen LogP contribution in [0.1, 0.15) is 25.3 Å². The molecule has 0 atom stereocenters.